The summed E-state index contributed by atoms with van der Waals surface area (Å²) in [6.45, 7) is 3.19. The summed E-state index contributed by atoms with van der Waals surface area (Å²) in [4.78, 5) is 14.1. The average Bonchev–Trinajstić information content (AvgIpc) is 2.39. The van der Waals surface area contributed by atoms with E-state index in [0.717, 1.165) is 25.3 Å². The van der Waals surface area contributed by atoms with Gasteiger partial charge in [0, 0.05) is 18.7 Å². The molecule has 2 rings (SSSR count). The molecule has 3 nitrogen and oxygen atoms in total. The second-order valence-corrected chi connectivity index (χ2v) is 4.57. The van der Waals surface area contributed by atoms with Gasteiger partial charge in [0.15, 0.2) is 0 Å². The van der Waals surface area contributed by atoms with Crippen LogP contribution in [-0.4, -0.2) is 30.4 Å². The second kappa shape index (κ2) is 6.40. The molecule has 17 heavy (non-hydrogen) atoms. The molecule has 1 N–H and O–H groups in total. The molecule has 1 heterocycles. The molecule has 1 aliphatic heterocycles. The summed E-state index contributed by atoms with van der Waals surface area (Å²) in [5.74, 6) is 0.113. The first-order valence-electron chi connectivity index (χ1n) is 6.42. The molecule has 1 aromatic carbocycles. The normalized spacial score (nSPS) is 16.7. The van der Waals surface area contributed by atoms with Crippen molar-refractivity contribution in [2.24, 2.45) is 0 Å². The van der Waals surface area contributed by atoms with Gasteiger partial charge >= 0.3 is 0 Å². The van der Waals surface area contributed by atoms with E-state index in [1.165, 1.54) is 19.3 Å². The molecule has 3 heteroatoms. The summed E-state index contributed by atoms with van der Waals surface area (Å²) < 4.78 is 0. The van der Waals surface area contributed by atoms with E-state index < -0.39 is 0 Å². The predicted octanol–water partition coefficient (Wildman–Crippen LogP) is 2.50. The van der Waals surface area contributed by atoms with Crippen molar-refractivity contribution >= 4 is 11.6 Å². The zero-order valence-corrected chi connectivity index (χ0v) is 10.2. The van der Waals surface area contributed by atoms with Crippen molar-refractivity contribution in [3.8, 4) is 0 Å². The molecule has 1 aliphatic rings. The van der Waals surface area contributed by atoms with Crippen LogP contribution in [-0.2, 0) is 4.79 Å². The molecule has 0 saturated carbocycles. The number of nitrogens with one attached hydrogen (secondary N) is 1. The van der Waals surface area contributed by atoms with Crippen LogP contribution < -0.4 is 5.32 Å². The zero-order valence-electron chi connectivity index (χ0n) is 10.2. The largest absolute Gasteiger partial charge is 0.326 e. The standard InChI is InChI=1S/C14H20N2O/c17-14(15-13-7-3-1-4-8-13)9-12-16-10-5-2-6-11-16/h1,3-4,7-8H,2,5-6,9-12H2,(H,15,17). The van der Waals surface area contributed by atoms with Gasteiger partial charge in [-0.05, 0) is 38.1 Å². The Hall–Kier alpha value is -1.35. The highest BCUT2D eigenvalue weighted by molar-refractivity contribution is 5.90. The van der Waals surface area contributed by atoms with Gasteiger partial charge in [-0.25, -0.2) is 0 Å². The van der Waals surface area contributed by atoms with E-state index in [1.54, 1.807) is 0 Å². The van der Waals surface area contributed by atoms with E-state index >= 15 is 0 Å². The molecular formula is C14H20N2O. The molecule has 0 bridgehead atoms. The molecule has 92 valence electrons. The van der Waals surface area contributed by atoms with Crippen LogP contribution >= 0.6 is 0 Å². The van der Waals surface area contributed by atoms with E-state index in [2.05, 4.69) is 10.2 Å². The molecule has 0 spiro atoms. The molecule has 0 atom stereocenters. The van der Waals surface area contributed by atoms with Crippen LogP contribution in [0.15, 0.2) is 30.3 Å². The first-order valence-corrected chi connectivity index (χ1v) is 6.42. The van der Waals surface area contributed by atoms with Gasteiger partial charge in [-0.1, -0.05) is 24.6 Å². The lowest BCUT2D eigenvalue weighted by Crippen LogP contribution is -2.32. The number of hydrogen-bond donors (Lipinski definition) is 1. The number of benzene rings is 1. The molecule has 1 aromatic rings. The minimum atomic E-state index is 0.113. The van der Waals surface area contributed by atoms with Crippen LogP contribution in [0, 0.1) is 0 Å². The highest BCUT2D eigenvalue weighted by Crippen LogP contribution is 2.10. The Kier molecular flexibility index (Phi) is 4.56. The molecule has 0 radical (unpaired) electrons. The van der Waals surface area contributed by atoms with Gasteiger partial charge in [-0.2, -0.15) is 0 Å². The highest BCUT2D eigenvalue weighted by Gasteiger charge is 2.11. The van der Waals surface area contributed by atoms with Crippen molar-refractivity contribution in [1.29, 1.82) is 0 Å². The number of hydrogen-bond acceptors (Lipinski definition) is 2. The van der Waals surface area contributed by atoms with Crippen molar-refractivity contribution in [3.63, 3.8) is 0 Å². The monoisotopic (exact) mass is 232 g/mol. The van der Waals surface area contributed by atoms with Crippen molar-refractivity contribution < 1.29 is 4.79 Å². The van der Waals surface area contributed by atoms with Crippen molar-refractivity contribution in [2.75, 3.05) is 25.0 Å². The first kappa shape index (κ1) is 12.1. The Bertz CT molecular complexity index is 344. The third kappa shape index (κ3) is 4.19. The topological polar surface area (TPSA) is 32.3 Å². The fraction of sp³-hybridized carbons (Fsp3) is 0.500. The van der Waals surface area contributed by atoms with Crippen molar-refractivity contribution in [1.82, 2.24) is 4.90 Å². The van der Waals surface area contributed by atoms with Gasteiger partial charge < -0.3 is 10.2 Å². The van der Waals surface area contributed by atoms with Gasteiger partial charge in [0.25, 0.3) is 0 Å². The molecule has 0 unspecified atom stereocenters. The number of amides is 1. The van der Waals surface area contributed by atoms with Gasteiger partial charge in [0.2, 0.25) is 5.91 Å². The van der Waals surface area contributed by atoms with Gasteiger partial charge in [0.1, 0.15) is 0 Å². The summed E-state index contributed by atoms with van der Waals surface area (Å²) in [7, 11) is 0. The van der Waals surface area contributed by atoms with E-state index in [0.29, 0.717) is 6.42 Å². The lowest BCUT2D eigenvalue weighted by molar-refractivity contribution is -0.116. The van der Waals surface area contributed by atoms with Gasteiger partial charge in [0.05, 0.1) is 0 Å². The maximum Gasteiger partial charge on any atom is 0.225 e. The SMILES string of the molecule is O=C(CCN1CCCCC1)Nc1ccccc1. The number of piperidine rings is 1. The van der Waals surface area contributed by atoms with Crippen LogP contribution in [0.1, 0.15) is 25.7 Å². The molecule has 1 fully saturated rings. The number of carbonyl (C=O) groups is 1. The van der Waals surface area contributed by atoms with E-state index in [1.807, 2.05) is 30.3 Å². The van der Waals surface area contributed by atoms with Gasteiger partial charge in [-0.15, -0.1) is 0 Å². The van der Waals surface area contributed by atoms with E-state index in [9.17, 15) is 4.79 Å². The smallest absolute Gasteiger partial charge is 0.225 e. The Morgan fingerprint density at radius 1 is 1.12 bits per heavy atom. The Balaban J connectivity index is 1.70. The Morgan fingerprint density at radius 3 is 2.53 bits per heavy atom. The van der Waals surface area contributed by atoms with E-state index in [4.69, 9.17) is 0 Å². The fourth-order valence-corrected chi connectivity index (χ4v) is 2.19. The number of anilines is 1. The lowest BCUT2D eigenvalue weighted by atomic mass is 10.1. The molecule has 0 aliphatic carbocycles. The second-order valence-electron chi connectivity index (χ2n) is 4.57. The maximum atomic E-state index is 11.7. The minimum absolute atomic E-state index is 0.113. The Morgan fingerprint density at radius 2 is 1.82 bits per heavy atom. The number of likely N-dealkylation sites (tertiary alicyclic amines) is 1. The van der Waals surface area contributed by atoms with Crippen LogP contribution in [0.4, 0.5) is 5.69 Å². The highest BCUT2D eigenvalue weighted by atomic mass is 16.1. The number of carbonyl (C=O) groups excluding carboxylic acids is 1. The summed E-state index contributed by atoms with van der Waals surface area (Å²) in [6, 6.07) is 9.64. The fourth-order valence-electron chi connectivity index (χ4n) is 2.19. The van der Waals surface area contributed by atoms with Crippen molar-refractivity contribution in [2.45, 2.75) is 25.7 Å². The predicted molar refractivity (Wildman–Crippen MR) is 70.0 cm³/mol. The zero-order chi connectivity index (χ0) is 11.9. The molecule has 1 amide bonds. The summed E-state index contributed by atoms with van der Waals surface area (Å²) in [6.07, 6.45) is 4.49. The molecule has 1 saturated heterocycles. The third-order valence-electron chi connectivity index (χ3n) is 3.16. The quantitative estimate of drug-likeness (QED) is 0.865. The lowest BCUT2D eigenvalue weighted by Gasteiger charge is -2.25. The molecule has 0 aromatic heterocycles. The van der Waals surface area contributed by atoms with Crippen LogP contribution in [0.2, 0.25) is 0 Å². The number of nitrogens with zero attached hydrogens (tertiary/aromatic N) is 1. The van der Waals surface area contributed by atoms with Gasteiger partial charge in [-0.3, -0.25) is 4.79 Å². The van der Waals surface area contributed by atoms with Crippen molar-refractivity contribution in [3.05, 3.63) is 30.3 Å². The summed E-state index contributed by atoms with van der Waals surface area (Å²) in [5, 5.41) is 2.92. The number of para-hydroxylation sites is 1. The third-order valence-corrected chi connectivity index (χ3v) is 3.16. The van der Waals surface area contributed by atoms with Crippen LogP contribution in [0.25, 0.3) is 0 Å². The molecular weight excluding hydrogens is 212 g/mol. The summed E-state index contributed by atoms with van der Waals surface area (Å²) in [5.41, 5.74) is 0.885. The number of rotatable bonds is 4. The minimum Gasteiger partial charge on any atom is -0.326 e. The maximum absolute atomic E-state index is 11.7. The Labute approximate surface area is 103 Å². The summed E-state index contributed by atoms with van der Waals surface area (Å²) >= 11 is 0. The van der Waals surface area contributed by atoms with E-state index in [-0.39, 0.29) is 5.91 Å². The first-order chi connectivity index (χ1) is 8.34. The van der Waals surface area contributed by atoms with Crippen LogP contribution in [0.5, 0.6) is 0 Å². The van der Waals surface area contributed by atoms with Crippen LogP contribution in [0.3, 0.4) is 0 Å². The average molecular weight is 232 g/mol.